The Morgan fingerprint density at radius 3 is 2.59 bits per heavy atom. The minimum atomic E-state index is 0.0324. The molecule has 0 aliphatic carbocycles. The van der Waals surface area contributed by atoms with E-state index in [0.717, 1.165) is 38.0 Å². The molecule has 27 heavy (non-hydrogen) atoms. The molecule has 6 nitrogen and oxygen atoms in total. The molecule has 1 aromatic carbocycles. The number of carbonyl (C=O) groups is 2. The summed E-state index contributed by atoms with van der Waals surface area (Å²) in [5.41, 5.74) is 1.12. The van der Waals surface area contributed by atoms with E-state index in [1.165, 1.54) is 12.8 Å². The van der Waals surface area contributed by atoms with Crippen LogP contribution in [0, 0.1) is 11.8 Å². The fraction of sp³-hybridized carbons (Fsp3) is 0.619. The number of piperidine rings is 2. The lowest BCUT2D eigenvalue weighted by Gasteiger charge is -2.34. The van der Waals surface area contributed by atoms with Crippen LogP contribution in [0.1, 0.15) is 31.2 Å². The van der Waals surface area contributed by atoms with Crippen LogP contribution in [-0.4, -0.2) is 61.5 Å². The fourth-order valence-electron chi connectivity index (χ4n) is 3.99. The SMILES string of the molecule is CN(Cc1ccccc1)C(=O)N1CCC(C(=O)NCC2CCCNC2)CC1. The smallest absolute Gasteiger partial charge is 0.320 e. The number of hydrogen-bond donors (Lipinski definition) is 2. The van der Waals surface area contributed by atoms with Crippen LogP contribution in [0.3, 0.4) is 0 Å². The number of amides is 3. The number of rotatable bonds is 5. The third-order valence-electron chi connectivity index (χ3n) is 5.69. The summed E-state index contributed by atoms with van der Waals surface area (Å²) in [5, 5.41) is 6.51. The van der Waals surface area contributed by atoms with Crippen LogP contribution in [0.4, 0.5) is 4.79 Å². The zero-order valence-corrected chi connectivity index (χ0v) is 16.3. The van der Waals surface area contributed by atoms with Crippen molar-refractivity contribution in [3.63, 3.8) is 0 Å². The Kier molecular flexibility index (Phi) is 7.10. The molecule has 0 aromatic heterocycles. The molecule has 2 fully saturated rings. The number of urea groups is 1. The number of likely N-dealkylation sites (tertiary alicyclic amines) is 1. The zero-order valence-electron chi connectivity index (χ0n) is 16.3. The molecule has 2 N–H and O–H groups in total. The highest BCUT2D eigenvalue weighted by molar-refractivity contribution is 5.79. The summed E-state index contributed by atoms with van der Waals surface area (Å²) in [4.78, 5) is 28.7. The van der Waals surface area contributed by atoms with Crippen LogP contribution in [0.25, 0.3) is 0 Å². The van der Waals surface area contributed by atoms with E-state index in [0.29, 0.717) is 25.6 Å². The van der Waals surface area contributed by atoms with Crippen LogP contribution >= 0.6 is 0 Å². The monoisotopic (exact) mass is 372 g/mol. The number of nitrogens with one attached hydrogen (secondary N) is 2. The predicted molar refractivity (Wildman–Crippen MR) is 106 cm³/mol. The average Bonchev–Trinajstić information content (AvgIpc) is 2.73. The first-order valence-electron chi connectivity index (χ1n) is 10.2. The Bertz CT molecular complexity index is 608. The maximum absolute atomic E-state index is 12.7. The zero-order chi connectivity index (χ0) is 19.1. The first-order chi connectivity index (χ1) is 13.1. The van der Waals surface area contributed by atoms with Crippen molar-refractivity contribution >= 4 is 11.9 Å². The molecule has 2 aliphatic rings. The van der Waals surface area contributed by atoms with E-state index in [-0.39, 0.29) is 17.9 Å². The molecule has 3 rings (SSSR count). The number of nitrogens with zero attached hydrogens (tertiary/aromatic N) is 2. The van der Waals surface area contributed by atoms with E-state index in [9.17, 15) is 9.59 Å². The number of benzene rings is 1. The minimum absolute atomic E-state index is 0.0324. The molecule has 0 spiro atoms. The molecule has 6 heteroatoms. The fourth-order valence-corrected chi connectivity index (χ4v) is 3.99. The highest BCUT2D eigenvalue weighted by Crippen LogP contribution is 2.19. The summed E-state index contributed by atoms with van der Waals surface area (Å²) in [6, 6.07) is 10.1. The van der Waals surface area contributed by atoms with Crippen molar-refractivity contribution in [1.29, 1.82) is 0 Å². The quantitative estimate of drug-likeness (QED) is 0.832. The molecule has 2 aliphatic heterocycles. The lowest BCUT2D eigenvalue weighted by atomic mass is 9.95. The van der Waals surface area contributed by atoms with Gasteiger partial charge in [0.25, 0.3) is 0 Å². The van der Waals surface area contributed by atoms with E-state index >= 15 is 0 Å². The molecule has 2 heterocycles. The van der Waals surface area contributed by atoms with Gasteiger partial charge in [-0.25, -0.2) is 4.79 Å². The van der Waals surface area contributed by atoms with Gasteiger partial charge < -0.3 is 20.4 Å². The van der Waals surface area contributed by atoms with Crippen LogP contribution < -0.4 is 10.6 Å². The Labute approximate surface area is 162 Å². The van der Waals surface area contributed by atoms with Gasteiger partial charge in [0, 0.05) is 39.1 Å². The molecule has 1 unspecified atom stereocenters. The molecular formula is C21H32N4O2. The first-order valence-corrected chi connectivity index (χ1v) is 10.2. The van der Waals surface area contributed by atoms with Crippen LogP contribution in [0.15, 0.2) is 30.3 Å². The van der Waals surface area contributed by atoms with Gasteiger partial charge in [-0.1, -0.05) is 30.3 Å². The molecule has 0 saturated carbocycles. The van der Waals surface area contributed by atoms with Gasteiger partial charge >= 0.3 is 6.03 Å². The second-order valence-electron chi connectivity index (χ2n) is 7.84. The lowest BCUT2D eigenvalue weighted by Crippen LogP contribution is -2.48. The first kappa shape index (κ1) is 19.7. The maximum atomic E-state index is 12.7. The van der Waals surface area contributed by atoms with Gasteiger partial charge in [0.05, 0.1) is 0 Å². The maximum Gasteiger partial charge on any atom is 0.320 e. The van der Waals surface area contributed by atoms with E-state index in [4.69, 9.17) is 0 Å². The van der Waals surface area contributed by atoms with E-state index in [1.807, 2.05) is 42.3 Å². The summed E-state index contributed by atoms with van der Waals surface area (Å²) in [6.45, 7) is 4.78. The van der Waals surface area contributed by atoms with E-state index in [1.54, 1.807) is 4.90 Å². The van der Waals surface area contributed by atoms with Gasteiger partial charge in [-0.3, -0.25) is 4.79 Å². The van der Waals surface area contributed by atoms with Crippen molar-refractivity contribution in [2.45, 2.75) is 32.2 Å². The second kappa shape index (κ2) is 9.74. The van der Waals surface area contributed by atoms with Crippen molar-refractivity contribution in [2.24, 2.45) is 11.8 Å². The Balaban J connectivity index is 1.39. The molecule has 1 aromatic rings. The molecule has 148 valence electrons. The Morgan fingerprint density at radius 2 is 1.93 bits per heavy atom. The Morgan fingerprint density at radius 1 is 1.19 bits per heavy atom. The lowest BCUT2D eigenvalue weighted by molar-refractivity contribution is -0.126. The minimum Gasteiger partial charge on any atom is -0.356 e. The van der Waals surface area contributed by atoms with Crippen molar-refractivity contribution in [2.75, 3.05) is 39.8 Å². The topological polar surface area (TPSA) is 64.7 Å². The Hall–Kier alpha value is -2.08. The molecule has 1 atom stereocenters. The van der Waals surface area contributed by atoms with Gasteiger partial charge in [-0.15, -0.1) is 0 Å². The largest absolute Gasteiger partial charge is 0.356 e. The van der Waals surface area contributed by atoms with Gasteiger partial charge in [-0.05, 0) is 50.3 Å². The van der Waals surface area contributed by atoms with Gasteiger partial charge in [0.2, 0.25) is 5.91 Å². The number of hydrogen-bond acceptors (Lipinski definition) is 3. The van der Waals surface area contributed by atoms with Gasteiger partial charge in [0.15, 0.2) is 0 Å². The summed E-state index contributed by atoms with van der Waals surface area (Å²) >= 11 is 0. The summed E-state index contributed by atoms with van der Waals surface area (Å²) in [6.07, 6.45) is 3.88. The van der Waals surface area contributed by atoms with Gasteiger partial charge in [0.1, 0.15) is 0 Å². The predicted octanol–water partition coefficient (Wildman–Crippen LogP) is 2.07. The summed E-state index contributed by atoms with van der Waals surface area (Å²) in [5.74, 6) is 0.742. The highest BCUT2D eigenvalue weighted by atomic mass is 16.2. The standard InChI is InChI=1S/C21H32N4O2/c1-24(16-17-6-3-2-4-7-17)21(27)25-12-9-19(10-13-25)20(26)23-15-18-8-5-11-22-14-18/h2-4,6-7,18-19,22H,5,8-16H2,1H3,(H,23,26). The normalized spacial score (nSPS) is 20.9. The average molecular weight is 373 g/mol. The summed E-state index contributed by atoms with van der Waals surface area (Å²) < 4.78 is 0. The summed E-state index contributed by atoms with van der Waals surface area (Å²) in [7, 11) is 1.84. The van der Waals surface area contributed by atoms with Crippen molar-refractivity contribution < 1.29 is 9.59 Å². The van der Waals surface area contributed by atoms with Crippen molar-refractivity contribution in [1.82, 2.24) is 20.4 Å². The van der Waals surface area contributed by atoms with Crippen LogP contribution in [0.5, 0.6) is 0 Å². The molecular weight excluding hydrogens is 340 g/mol. The van der Waals surface area contributed by atoms with Gasteiger partial charge in [-0.2, -0.15) is 0 Å². The molecule has 0 radical (unpaired) electrons. The van der Waals surface area contributed by atoms with Crippen molar-refractivity contribution in [3.8, 4) is 0 Å². The van der Waals surface area contributed by atoms with Crippen molar-refractivity contribution in [3.05, 3.63) is 35.9 Å². The van der Waals surface area contributed by atoms with E-state index in [2.05, 4.69) is 10.6 Å². The molecule has 3 amide bonds. The third kappa shape index (κ3) is 5.70. The molecule has 2 saturated heterocycles. The second-order valence-corrected chi connectivity index (χ2v) is 7.84. The highest BCUT2D eigenvalue weighted by Gasteiger charge is 2.29. The van der Waals surface area contributed by atoms with Crippen LogP contribution in [-0.2, 0) is 11.3 Å². The molecule has 0 bridgehead atoms. The van der Waals surface area contributed by atoms with E-state index < -0.39 is 0 Å². The van der Waals surface area contributed by atoms with Crippen LogP contribution in [0.2, 0.25) is 0 Å². The number of carbonyl (C=O) groups excluding carboxylic acids is 2. The third-order valence-corrected chi connectivity index (χ3v) is 5.69.